The predicted octanol–water partition coefficient (Wildman–Crippen LogP) is 3.01. The minimum Gasteiger partial charge on any atom is -0.606 e. The largest absolute Gasteiger partial charge is 0.606 e. The van der Waals surface area contributed by atoms with Crippen molar-refractivity contribution in [2.45, 2.75) is 4.90 Å². The summed E-state index contributed by atoms with van der Waals surface area (Å²) < 4.78 is 17.2. The van der Waals surface area contributed by atoms with Crippen LogP contribution in [-0.2, 0) is 20.7 Å². The summed E-state index contributed by atoms with van der Waals surface area (Å²) in [5.41, 5.74) is 0.803. The molecule has 0 fully saturated rings. The Labute approximate surface area is 121 Å². The lowest BCUT2D eigenvalue weighted by Gasteiger charge is -2.11. The molecule has 0 aliphatic rings. The minimum absolute atomic E-state index is 0.130. The first-order valence-electron chi connectivity index (χ1n) is 6.04. The average Bonchev–Trinajstić information content (AvgIpc) is 2.53. The van der Waals surface area contributed by atoms with Gasteiger partial charge >= 0.3 is 5.97 Å². The van der Waals surface area contributed by atoms with Crippen molar-refractivity contribution in [3.05, 3.63) is 71.1 Å². The summed E-state index contributed by atoms with van der Waals surface area (Å²) in [5, 5.41) is 0. The summed E-state index contributed by atoms with van der Waals surface area (Å²) in [5.74, 6) is -0.587. The normalized spacial score (nSPS) is 12.8. The number of rotatable bonds is 4. The molecule has 2 aromatic carbocycles. The molecule has 0 N–H and O–H groups in total. The van der Waals surface area contributed by atoms with Crippen LogP contribution < -0.4 is 0 Å². The van der Waals surface area contributed by atoms with Crippen LogP contribution in [0.3, 0.4) is 0 Å². The highest BCUT2D eigenvalue weighted by Gasteiger charge is 2.26. The number of hydrogen-bond donors (Lipinski definition) is 0. The fourth-order valence-corrected chi connectivity index (χ4v) is 2.80. The molecule has 3 nitrogen and oxygen atoms in total. The van der Waals surface area contributed by atoms with Gasteiger partial charge in [-0.1, -0.05) is 48.5 Å². The summed E-state index contributed by atoms with van der Waals surface area (Å²) >= 11 is -1.57. The molecule has 0 aliphatic heterocycles. The molecule has 0 amide bonds. The Morgan fingerprint density at radius 2 is 1.60 bits per heavy atom. The van der Waals surface area contributed by atoms with E-state index in [9.17, 15) is 9.35 Å². The van der Waals surface area contributed by atoms with Gasteiger partial charge in [-0.05, 0) is 17.7 Å². The van der Waals surface area contributed by atoms with Gasteiger partial charge in [0, 0.05) is 17.3 Å². The molecular weight excluding hydrogens is 272 g/mol. The van der Waals surface area contributed by atoms with Crippen molar-refractivity contribution >= 4 is 23.2 Å². The third-order valence-corrected chi connectivity index (χ3v) is 4.03. The van der Waals surface area contributed by atoms with E-state index in [-0.39, 0.29) is 4.91 Å². The van der Waals surface area contributed by atoms with E-state index in [4.69, 9.17) is 4.74 Å². The highest BCUT2D eigenvalue weighted by atomic mass is 32.2. The standard InChI is InChI=1S/C16H14O3S/c1-19-16(17)15(12-13-8-4-2-5-9-13)20(18)14-10-6-3-7-11-14/h2-12H,1H3/b15-12+. The molecule has 0 saturated carbocycles. The van der Waals surface area contributed by atoms with Gasteiger partial charge in [0.1, 0.15) is 0 Å². The van der Waals surface area contributed by atoms with Gasteiger partial charge in [0.25, 0.3) is 0 Å². The van der Waals surface area contributed by atoms with Crippen LogP contribution in [0.4, 0.5) is 0 Å². The van der Waals surface area contributed by atoms with Crippen molar-refractivity contribution in [1.29, 1.82) is 0 Å². The Kier molecular flexibility index (Phi) is 4.98. The molecule has 1 unspecified atom stereocenters. The van der Waals surface area contributed by atoms with Crippen molar-refractivity contribution in [3.63, 3.8) is 0 Å². The fraction of sp³-hybridized carbons (Fsp3) is 0.0625. The van der Waals surface area contributed by atoms with Crippen LogP contribution in [-0.4, -0.2) is 17.6 Å². The monoisotopic (exact) mass is 286 g/mol. The molecule has 0 saturated heterocycles. The van der Waals surface area contributed by atoms with Gasteiger partial charge in [0.15, 0.2) is 4.90 Å². The van der Waals surface area contributed by atoms with Crippen LogP contribution in [0.25, 0.3) is 6.08 Å². The van der Waals surface area contributed by atoms with Gasteiger partial charge in [0.2, 0.25) is 4.91 Å². The van der Waals surface area contributed by atoms with E-state index >= 15 is 0 Å². The number of esters is 1. The van der Waals surface area contributed by atoms with E-state index in [1.54, 1.807) is 30.3 Å². The zero-order valence-corrected chi connectivity index (χ0v) is 11.8. The molecule has 0 aliphatic carbocycles. The van der Waals surface area contributed by atoms with E-state index in [1.807, 2.05) is 36.4 Å². The van der Waals surface area contributed by atoms with E-state index in [0.29, 0.717) is 4.90 Å². The second-order valence-electron chi connectivity index (χ2n) is 3.99. The number of carbonyl (C=O) groups excluding carboxylic acids is 1. The SMILES string of the molecule is COC(=O)/C(=C\c1ccccc1)[S+]([O-])c1ccccc1. The number of ether oxygens (including phenoxy) is 1. The quantitative estimate of drug-likeness (QED) is 0.493. The second kappa shape index (κ2) is 6.93. The summed E-state index contributed by atoms with van der Waals surface area (Å²) in [6.45, 7) is 0. The summed E-state index contributed by atoms with van der Waals surface area (Å²) in [4.78, 5) is 12.5. The maximum Gasteiger partial charge on any atom is 0.387 e. The molecule has 20 heavy (non-hydrogen) atoms. The first-order chi connectivity index (χ1) is 9.72. The lowest BCUT2D eigenvalue weighted by Crippen LogP contribution is -2.15. The van der Waals surface area contributed by atoms with E-state index < -0.39 is 17.1 Å². The Morgan fingerprint density at radius 3 is 2.15 bits per heavy atom. The summed E-state index contributed by atoms with van der Waals surface area (Å²) in [6, 6.07) is 18.1. The number of methoxy groups -OCH3 is 1. The topological polar surface area (TPSA) is 49.4 Å². The van der Waals surface area contributed by atoms with Crippen molar-refractivity contribution < 1.29 is 14.1 Å². The van der Waals surface area contributed by atoms with Crippen LogP contribution in [0, 0.1) is 0 Å². The third-order valence-electron chi connectivity index (χ3n) is 2.64. The van der Waals surface area contributed by atoms with E-state index in [2.05, 4.69) is 0 Å². The Hall–Kier alpha value is -2.04. The molecular formula is C16H14O3S. The molecule has 0 spiro atoms. The van der Waals surface area contributed by atoms with Crippen LogP contribution in [0.15, 0.2) is 70.5 Å². The van der Waals surface area contributed by atoms with Gasteiger partial charge in [-0.15, -0.1) is 0 Å². The van der Waals surface area contributed by atoms with Gasteiger partial charge in [-0.2, -0.15) is 0 Å². The third kappa shape index (κ3) is 3.50. The maximum absolute atomic E-state index is 12.5. The molecule has 1 atom stereocenters. The van der Waals surface area contributed by atoms with Crippen LogP contribution >= 0.6 is 0 Å². The van der Waals surface area contributed by atoms with Gasteiger partial charge in [-0.3, -0.25) is 0 Å². The average molecular weight is 286 g/mol. The molecule has 4 heteroatoms. The number of hydrogen-bond acceptors (Lipinski definition) is 3. The summed E-state index contributed by atoms with van der Waals surface area (Å²) in [7, 11) is 1.28. The molecule has 0 heterocycles. The molecule has 2 rings (SSSR count). The Morgan fingerprint density at radius 1 is 1.05 bits per heavy atom. The zero-order valence-electron chi connectivity index (χ0n) is 11.0. The van der Waals surface area contributed by atoms with Crippen molar-refractivity contribution in [3.8, 4) is 0 Å². The molecule has 0 aromatic heterocycles. The fourth-order valence-electron chi connectivity index (χ4n) is 1.66. The lowest BCUT2D eigenvalue weighted by molar-refractivity contribution is -0.135. The highest BCUT2D eigenvalue weighted by molar-refractivity contribution is 7.96. The molecule has 0 radical (unpaired) electrons. The van der Waals surface area contributed by atoms with Crippen LogP contribution in [0.2, 0.25) is 0 Å². The van der Waals surface area contributed by atoms with Crippen molar-refractivity contribution in [2.24, 2.45) is 0 Å². The number of carbonyl (C=O) groups is 1. The van der Waals surface area contributed by atoms with Gasteiger partial charge < -0.3 is 9.29 Å². The first kappa shape index (κ1) is 14.4. The van der Waals surface area contributed by atoms with Crippen molar-refractivity contribution in [2.75, 3.05) is 7.11 Å². The van der Waals surface area contributed by atoms with Crippen LogP contribution in [0.5, 0.6) is 0 Å². The maximum atomic E-state index is 12.5. The number of benzene rings is 2. The second-order valence-corrected chi connectivity index (χ2v) is 5.44. The van der Waals surface area contributed by atoms with Crippen molar-refractivity contribution in [1.82, 2.24) is 0 Å². The van der Waals surface area contributed by atoms with Gasteiger partial charge in [-0.25, -0.2) is 4.79 Å². The lowest BCUT2D eigenvalue weighted by atomic mass is 10.2. The van der Waals surface area contributed by atoms with Gasteiger partial charge in [0.05, 0.1) is 7.11 Å². The Balaban J connectivity index is 2.38. The summed E-state index contributed by atoms with van der Waals surface area (Å²) in [6.07, 6.45) is 1.59. The molecule has 0 bridgehead atoms. The van der Waals surface area contributed by atoms with E-state index in [0.717, 1.165) is 5.56 Å². The predicted molar refractivity (Wildman–Crippen MR) is 79.3 cm³/mol. The molecule has 102 valence electrons. The minimum atomic E-state index is -1.57. The molecule has 2 aromatic rings. The van der Waals surface area contributed by atoms with E-state index in [1.165, 1.54) is 7.11 Å². The Bertz CT molecular complexity index is 594. The smallest absolute Gasteiger partial charge is 0.387 e. The first-order valence-corrected chi connectivity index (χ1v) is 7.19. The van der Waals surface area contributed by atoms with Crippen LogP contribution in [0.1, 0.15) is 5.56 Å². The zero-order chi connectivity index (χ0) is 14.4. The highest BCUT2D eigenvalue weighted by Crippen LogP contribution is 2.22.